The highest BCUT2D eigenvalue weighted by Crippen LogP contribution is 2.25. The highest BCUT2D eigenvalue weighted by molar-refractivity contribution is 8.00. The third kappa shape index (κ3) is 7.72. The Morgan fingerprint density at radius 2 is 1.72 bits per heavy atom. The lowest BCUT2D eigenvalue weighted by Gasteiger charge is -2.29. The van der Waals surface area contributed by atoms with Crippen molar-refractivity contribution in [3.05, 3.63) is 59.7 Å². The van der Waals surface area contributed by atoms with E-state index in [2.05, 4.69) is 5.32 Å². The third-order valence-corrected chi connectivity index (χ3v) is 5.45. The molecule has 0 aliphatic heterocycles. The minimum absolute atomic E-state index is 0. The Labute approximate surface area is 183 Å². The van der Waals surface area contributed by atoms with E-state index in [0.29, 0.717) is 18.7 Å². The van der Waals surface area contributed by atoms with E-state index >= 15 is 0 Å². The van der Waals surface area contributed by atoms with Gasteiger partial charge < -0.3 is 16.0 Å². The lowest BCUT2D eigenvalue weighted by molar-refractivity contribution is -0.113. The highest BCUT2D eigenvalue weighted by atomic mass is 35.5. The van der Waals surface area contributed by atoms with Crippen molar-refractivity contribution in [1.82, 2.24) is 4.90 Å². The first kappa shape index (κ1) is 25.0. The number of hydrogen-bond acceptors (Lipinski definition) is 4. The van der Waals surface area contributed by atoms with Crippen LogP contribution in [0.25, 0.3) is 0 Å². The fourth-order valence-corrected chi connectivity index (χ4v) is 3.57. The average molecular weight is 436 g/mol. The Balaban J connectivity index is 0.00000420. The van der Waals surface area contributed by atoms with Gasteiger partial charge in [-0.3, -0.25) is 9.59 Å². The summed E-state index contributed by atoms with van der Waals surface area (Å²) >= 11 is 1.36. The van der Waals surface area contributed by atoms with Crippen molar-refractivity contribution in [1.29, 1.82) is 0 Å². The fourth-order valence-electron chi connectivity index (χ4n) is 2.73. The van der Waals surface area contributed by atoms with Gasteiger partial charge in [0.25, 0.3) is 5.91 Å². The van der Waals surface area contributed by atoms with Crippen LogP contribution < -0.4 is 11.1 Å². The number of anilines is 1. The second kappa shape index (κ2) is 11.2. The molecule has 2 aromatic carbocycles. The van der Waals surface area contributed by atoms with Crippen molar-refractivity contribution in [3.8, 4) is 0 Å². The first-order valence-electron chi connectivity index (χ1n) is 9.26. The molecule has 0 atom stereocenters. The molecule has 3 N–H and O–H groups in total. The maximum Gasteiger partial charge on any atom is 0.254 e. The molecule has 0 fully saturated rings. The molecule has 0 saturated heterocycles. The van der Waals surface area contributed by atoms with Crippen LogP contribution >= 0.6 is 24.2 Å². The van der Waals surface area contributed by atoms with E-state index in [9.17, 15) is 9.59 Å². The lowest BCUT2D eigenvalue weighted by atomic mass is 9.93. The molecule has 0 heterocycles. The number of benzene rings is 2. The van der Waals surface area contributed by atoms with Crippen LogP contribution in [0.3, 0.4) is 0 Å². The Kier molecular flexibility index (Phi) is 9.70. The number of carbonyl (C=O) groups is 2. The van der Waals surface area contributed by atoms with Crippen molar-refractivity contribution in [2.45, 2.75) is 25.7 Å². The number of nitrogens with zero attached hydrogens (tertiary/aromatic N) is 1. The summed E-state index contributed by atoms with van der Waals surface area (Å²) in [5.74, 6) is 0.0631. The van der Waals surface area contributed by atoms with Crippen molar-refractivity contribution in [3.63, 3.8) is 0 Å². The van der Waals surface area contributed by atoms with Crippen molar-refractivity contribution in [2.24, 2.45) is 11.1 Å². The molecule has 0 aromatic heterocycles. The Morgan fingerprint density at radius 3 is 2.34 bits per heavy atom. The lowest BCUT2D eigenvalue weighted by Crippen LogP contribution is -2.39. The molecule has 0 unspecified atom stereocenters. The van der Waals surface area contributed by atoms with E-state index in [0.717, 1.165) is 16.1 Å². The smallest absolute Gasteiger partial charge is 0.254 e. The maximum atomic E-state index is 12.9. The van der Waals surface area contributed by atoms with Gasteiger partial charge in [-0.15, -0.1) is 24.2 Å². The SMILES string of the molecule is Cc1ccc(NC(=O)CSc2ccccc2C(=O)N(C)CC(C)(C)CN)cc1.Cl. The van der Waals surface area contributed by atoms with Crippen LogP contribution in [-0.2, 0) is 4.79 Å². The van der Waals surface area contributed by atoms with Gasteiger partial charge in [-0.05, 0) is 43.1 Å². The highest BCUT2D eigenvalue weighted by Gasteiger charge is 2.23. The standard InChI is InChI=1S/C22H29N3O2S.ClH/c1-16-9-11-17(12-10-16)24-20(26)13-28-19-8-6-5-7-18(19)21(27)25(4)15-22(2,3)14-23;/h5-12H,13-15,23H2,1-4H3,(H,24,26);1H. The van der Waals surface area contributed by atoms with Crippen LogP contribution in [0.4, 0.5) is 5.69 Å². The largest absolute Gasteiger partial charge is 0.341 e. The predicted octanol–water partition coefficient (Wildman–Crippen LogP) is 4.20. The summed E-state index contributed by atoms with van der Waals surface area (Å²) in [4.78, 5) is 27.7. The number of aryl methyl sites for hydroxylation is 1. The molecule has 2 amide bonds. The van der Waals surface area contributed by atoms with Crippen LogP contribution in [0.15, 0.2) is 53.4 Å². The molecule has 29 heavy (non-hydrogen) atoms. The van der Waals surface area contributed by atoms with E-state index in [-0.39, 0.29) is 35.4 Å². The van der Waals surface area contributed by atoms with E-state index in [1.165, 1.54) is 11.8 Å². The molecule has 0 spiro atoms. The summed E-state index contributed by atoms with van der Waals surface area (Å²) in [6, 6.07) is 15.1. The van der Waals surface area contributed by atoms with Gasteiger partial charge in [0.05, 0.1) is 11.3 Å². The molecule has 158 valence electrons. The Hall–Kier alpha value is -2.02. The molecule has 0 aliphatic rings. The number of nitrogens with one attached hydrogen (secondary N) is 1. The molecule has 0 saturated carbocycles. The zero-order chi connectivity index (χ0) is 20.7. The summed E-state index contributed by atoms with van der Waals surface area (Å²) in [5, 5.41) is 2.88. The summed E-state index contributed by atoms with van der Waals surface area (Å²) in [6.45, 7) is 7.14. The number of halogens is 1. The van der Waals surface area contributed by atoms with Crippen LogP contribution in [0.1, 0.15) is 29.8 Å². The summed E-state index contributed by atoms with van der Waals surface area (Å²) in [7, 11) is 1.78. The van der Waals surface area contributed by atoms with E-state index < -0.39 is 0 Å². The molecule has 2 rings (SSSR count). The molecular formula is C22H30ClN3O2S. The monoisotopic (exact) mass is 435 g/mol. The molecule has 0 radical (unpaired) electrons. The summed E-state index contributed by atoms with van der Waals surface area (Å²) in [5.41, 5.74) is 8.15. The number of thioether (sulfide) groups is 1. The molecule has 7 heteroatoms. The van der Waals surface area contributed by atoms with Crippen molar-refractivity contribution >= 4 is 41.7 Å². The minimum atomic E-state index is -0.152. The van der Waals surface area contributed by atoms with Gasteiger partial charge in [0.2, 0.25) is 5.91 Å². The van der Waals surface area contributed by atoms with E-state index in [1.807, 2.05) is 63.2 Å². The number of hydrogen-bond donors (Lipinski definition) is 2. The summed E-state index contributed by atoms with van der Waals surface area (Å²) < 4.78 is 0. The molecule has 0 bridgehead atoms. The van der Waals surface area contributed by atoms with Gasteiger partial charge in [0.1, 0.15) is 0 Å². The normalized spacial score (nSPS) is 10.8. The second-order valence-corrected chi connectivity index (χ2v) is 8.75. The van der Waals surface area contributed by atoms with Crippen LogP contribution in [-0.4, -0.2) is 42.6 Å². The maximum absolute atomic E-state index is 12.9. The van der Waals surface area contributed by atoms with Crippen LogP contribution in [0, 0.1) is 12.3 Å². The number of amides is 2. The zero-order valence-electron chi connectivity index (χ0n) is 17.4. The molecule has 2 aromatic rings. The zero-order valence-corrected chi connectivity index (χ0v) is 19.0. The van der Waals surface area contributed by atoms with Gasteiger partial charge in [0.15, 0.2) is 0 Å². The van der Waals surface area contributed by atoms with Gasteiger partial charge in [0, 0.05) is 24.2 Å². The predicted molar refractivity (Wildman–Crippen MR) is 124 cm³/mol. The van der Waals surface area contributed by atoms with Gasteiger partial charge in [-0.25, -0.2) is 0 Å². The van der Waals surface area contributed by atoms with Gasteiger partial charge >= 0.3 is 0 Å². The van der Waals surface area contributed by atoms with Gasteiger partial charge in [-0.1, -0.05) is 43.7 Å². The van der Waals surface area contributed by atoms with Crippen LogP contribution in [0.2, 0.25) is 0 Å². The average Bonchev–Trinajstić information content (AvgIpc) is 2.67. The Morgan fingerprint density at radius 1 is 1.10 bits per heavy atom. The van der Waals surface area contributed by atoms with Crippen LogP contribution in [0.5, 0.6) is 0 Å². The topological polar surface area (TPSA) is 75.4 Å². The van der Waals surface area contributed by atoms with E-state index in [4.69, 9.17) is 5.73 Å². The number of rotatable bonds is 8. The number of nitrogens with two attached hydrogens (primary N) is 1. The molecule has 0 aliphatic carbocycles. The third-order valence-electron chi connectivity index (χ3n) is 4.38. The fraction of sp³-hybridized carbons (Fsp3) is 0.364. The Bertz CT molecular complexity index is 825. The molecular weight excluding hydrogens is 406 g/mol. The first-order valence-corrected chi connectivity index (χ1v) is 10.2. The number of carbonyl (C=O) groups excluding carboxylic acids is 2. The minimum Gasteiger partial charge on any atom is -0.341 e. The summed E-state index contributed by atoms with van der Waals surface area (Å²) in [6.07, 6.45) is 0. The quantitative estimate of drug-likeness (QED) is 0.609. The first-order chi connectivity index (χ1) is 13.2. The van der Waals surface area contributed by atoms with E-state index in [1.54, 1.807) is 18.0 Å². The van der Waals surface area contributed by atoms with Crippen molar-refractivity contribution < 1.29 is 9.59 Å². The van der Waals surface area contributed by atoms with Crippen molar-refractivity contribution in [2.75, 3.05) is 31.2 Å². The molecule has 5 nitrogen and oxygen atoms in total. The van der Waals surface area contributed by atoms with Gasteiger partial charge in [-0.2, -0.15) is 0 Å². The second-order valence-electron chi connectivity index (χ2n) is 7.73.